The number of halogens is 1. The van der Waals surface area contributed by atoms with Gasteiger partial charge < -0.3 is 15.1 Å². The number of carbonyl (C=O) groups excluding carboxylic acids is 2. The summed E-state index contributed by atoms with van der Waals surface area (Å²) < 4.78 is 14.0. The second-order valence-corrected chi connectivity index (χ2v) is 6.87. The molecule has 2 heterocycles. The van der Waals surface area contributed by atoms with E-state index in [0.717, 1.165) is 31.2 Å². The molecule has 2 atom stereocenters. The minimum absolute atomic E-state index is 0.0243. The van der Waals surface area contributed by atoms with E-state index in [1.807, 2.05) is 31.2 Å². The highest BCUT2D eigenvalue weighted by Crippen LogP contribution is 2.25. The molecular formula is C19H26FN3O2. The number of urea groups is 1. The number of hydrogen-bond donors (Lipinski definition) is 1. The molecule has 2 aliphatic rings. The lowest BCUT2D eigenvalue weighted by Crippen LogP contribution is -2.50. The van der Waals surface area contributed by atoms with Crippen molar-refractivity contribution in [2.24, 2.45) is 0 Å². The van der Waals surface area contributed by atoms with Gasteiger partial charge in [-0.2, -0.15) is 0 Å². The summed E-state index contributed by atoms with van der Waals surface area (Å²) >= 11 is 0. The normalized spacial score (nSPS) is 23.6. The first kappa shape index (κ1) is 17.7. The second kappa shape index (κ2) is 7.85. The number of piperidine rings is 1. The van der Waals surface area contributed by atoms with Gasteiger partial charge in [0.05, 0.1) is 6.54 Å². The quantitative estimate of drug-likeness (QED) is 0.913. The fraction of sp³-hybridized carbons (Fsp3) is 0.579. The van der Waals surface area contributed by atoms with E-state index < -0.39 is 18.2 Å². The monoisotopic (exact) mass is 347 g/mol. The van der Waals surface area contributed by atoms with Gasteiger partial charge in [0.15, 0.2) is 0 Å². The third-order valence-electron chi connectivity index (χ3n) is 5.05. The largest absolute Gasteiger partial charge is 0.341 e. The number of anilines is 1. The Kier molecular flexibility index (Phi) is 5.56. The zero-order valence-corrected chi connectivity index (χ0v) is 14.7. The summed E-state index contributed by atoms with van der Waals surface area (Å²) in [6.07, 6.45) is 2.90. The van der Waals surface area contributed by atoms with Crippen LogP contribution in [0.4, 0.5) is 14.9 Å². The van der Waals surface area contributed by atoms with Crippen LogP contribution in [-0.4, -0.2) is 53.6 Å². The van der Waals surface area contributed by atoms with E-state index >= 15 is 0 Å². The number of carbonyl (C=O) groups is 2. The molecule has 3 amide bonds. The van der Waals surface area contributed by atoms with E-state index in [9.17, 15) is 14.0 Å². The number of nitrogens with zero attached hydrogens (tertiary/aromatic N) is 2. The number of rotatable bonds is 3. The molecule has 1 N–H and O–H groups in total. The van der Waals surface area contributed by atoms with Gasteiger partial charge in [-0.3, -0.25) is 4.79 Å². The highest BCUT2D eigenvalue weighted by Gasteiger charge is 2.41. The van der Waals surface area contributed by atoms with Crippen LogP contribution in [0.25, 0.3) is 0 Å². The van der Waals surface area contributed by atoms with Gasteiger partial charge in [-0.15, -0.1) is 0 Å². The van der Waals surface area contributed by atoms with Crippen LogP contribution in [0.5, 0.6) is 0 Å². The predicted octanol–water partition coefficient (Wildman–Crippen LogP) is 3.21. The summed E-state index contributed by atoms with van der Waals surface area (Å²) in [5, 5.41) is 2.82. The first-order chi connectivity index (χ1) is 12.1. The van der Waals surface area contributed by atoms with Crippen LogP contribution in [0, 0.1) is 0 Å². The summed E-state index contributed by atoms with van der Waals surface area (Å²) in [5.74, 6) is -0.114. The molecule has 0 unspecified atom stereocenters. The van der Waals surface area contributed by atoms with Gasteiger partial charge in [-0.1, -0.05) is 19.1 Å². The van der Waals surface area contributed by atoms with Gasteiger partial charge >= 0.3 is 6.03 Å². The molecule has 2 aliphatic heterocycles. The highest BCUT2D eigenvalue weighted by molar-refractivity contribution is 5.94. The molecule has 0 radical (unpaired) electrons. The summed E-state index contributed by atoms with van der Waals surface area (Å²) in [6.45, 7) is 3.44. The van der Waals surface area contributed by atoms with E-state index in [4.69, 9.17) is 0 Å². The Morgan fingerprint density at radius 2 is 2.00 bits per heavy atom. The predicted molar refractivity (Wildman–Crippen MR) is 95.3 cm³/mol. The summed E-state index contributed by atoms with van der Waals surface area (Å²) in [7, 11) is 0. The molecule has 1 aromatic rings. The number of hydrogen-bond acceptors (Lipinski definition) is 2. The highest BCUT2D eigenvalue weighted by atomic mass is 19.1. The first-order valence-corrected chi connectivity index (χ1v) is 9.18. The first-order valence-electron chi connectivity index (χ1n) is 9.18. The lowest BCUT2D eigenvalue weighted by molar-refractivity contribution is -0.136. The summed E-state index contributed by atoms with van der Waals surface area (Å²) in [6, 6.07) is 6.49. The summed E-state index contributed by atoms with van der Waals surface area (Å²) in [5.41, 5.74) is 1.79. The van der Waals surface area contributed by atoms with Gasteiger partial charge in [-0.25, -0.2) is 9.18 Å². The van der Waals surface area contributed by atoms with Crippen LogP contribution < -0.4 is 5.32 Å². The molecule has 2 fully saturated rings. The Morgan fingerprint density at radius 1 is 1.24 bits per heavy atom. The van der Waals surface area contributed by atoms with Crippen molar-refractivity contribution in [2.45, 2.75) is 51.2 Å². The zero-order valence-electron chi connectivity index (χ0n) is 14.7. The third-order valence-corrected chi connectivity index (χ3v) is 5.05. The average Bonchev–Trinajstić information content (AvgIpc) is 3.04. The number of nitrogens with one attached hydrogen (secondary N) is 1. The van der Waals surface area contributed by atoms with Gasteiger partial charge in [0.1, 0.15) is 12.2 Å². The van der Waals surface area contributed by atoms with E-state index in [2.05, 4.69) is 5.32 Å². The lowest BCUT2D eigenvalue weighted by atomic mass is 10.1. The van der Waals surface area contributed by atoms with Crippen molar-refractivity contribution in [3.8, 4) is 0 Å². The standard InChI is InChI=1S/C19H26FN3O2/c1-2-14-7-6-8-16(11-14)21-19(25)23-13-15(20)12-17(23)18(24)22-9-4-3-5-10-22/h6-8,11,15,17H,2-5,9-10,12-13H2,1H3,(H,21,25)/t15-,17-/m0/s1. The molecule has 3 rings (SSSR count). The number of likely N-dealkylation sites (tertiary alicyclic amines) is 2. The lowest BCUT2D eigenvalue weighted by Gasteiger charge is -2.32. The maximum atomic E-state index is 14.0. The van der Waals surface area contributed by atoms with Crippen LogP contribution in [0.2, 0.25) is 0 Å². The van der Waals surface area contributed by atoms with Crippen molar-refractivity contribution >= 4 is 17.6 Å². The molecule has 1 aromatic carbocycles. The van der Waals surface area contributed by atoms with E-state index in [-0.39, 0.29) is 18.9 Å². The van der Waals surface area contributed by atoms with Crippen LogP contribution in [-0.2, 0) is 11.2 Å². The van der Waals surface area contributed by atoms with Crippen molar-refractivity contribution in [3.05, 3.63) is 29.8 Å². The molecule has 6 heteroatoms. The number of alkyl halides is 1. The Balaban J connectivity index is 1.69. The van der Waals surface area contributed by atoms with Crippen molar-refractivity contribution < 1.29 is 14.0 Å². The SMILES string of the molecule is CCc1cccc(NC(=O)N2C[C@@H](F)C[C@H]2C(=O)N2CCCCC2)c1. The second-order valence-electron chi connectivity index (χ2n) is 6.87. The minimum Gasteiger partial charge on any atom is -0.341 e. The Labute approximate surface area is 148 Å². The van der Waals surface area contributed by atoms with Gasteiger partial charge in [-0.05, 0) is 43.4 Å². The number of aryl methyl sites for hydroxylation is 1. The fourth-order valence-electron chi connectivity index (χ4n) is 3.63. The van der Waals surface area contributed by atoms with Crippen molar-refractivity contribution in [1.82, 2.24) is 9.80 Å². The smallest absolute Gasteiger partial charge is 0.322 e. The van der Waals surface area contributed by atoms with Gasteiger partial charge in [0.2, 0.25) is 5.91 Å². The molecule has 25 heavy (non-hydrogen) atoms. The zero-order chi connectivity index (χ0) is 17.8. The Hall–Kier alpha value is -2.11. The third kappa shape index (κ3) is 4.11. The van der Waals surface area contributed by atoms with Crippen LogP contribution in [0.15, 0.2) is 24.3 Å². The fourth-order valence-corrected chi connectivity index (χ4v) is 3.63. The van der Waals surface area contributed by atoms with Gasteiger partial charge in [0, 0.05) is 25.2 Å². The molecule has 0 spiro atoms. The minimum atomic E-state index is -1.15. The molecule has 136 valence electrons. The Morgan fingerprint density at radius 3 is 2.72 bits per heavy atom. The van der Waals surface area contributed by atoms with Crippen molar-refractivity contribution in [2.75, 3.05) is 25.0 Å². The van der Waals surface area contributed by atoms with Crippen molar-refractivity contribution in [3.63, 3.8) is 0 Å². The van der Waals surface area contributed by atoms with Crippen molar-refractivity contribution in [1.29, 1.82) is 0 Å². The van der Waals surface area contributed by atoms with E-state index in [1.165, 1.54) is 4.90 Å². The van der Waals surface area contributed by atoms with Gasteiger partial charge in [0.25, 0.3) is 0 Å². The topological polar surface area (TPSA) is 52.7 Å². The molecular weight excluding hydrogens is 321 g/mol. The molecule has 2 saturated heterocycles. The van der Waals surface area contributed by atoms with Crippen LogP contribution >= 0.6 is 0 Å². The summed E-state index contributed by atoms with van der Waals surface area (Å²) in [4.78, 5) is 28.5. The van der Waals surface area contributed by atoms with E-state index in [1.54, 1.807) is 4.90 Å². The number of amides is 3. The molecule has 0 bridgehead atoms. The molecule has 0 aliphatic carbocycles. The Bertz CT molecular complexity index is 631. The van der Waals surface area contributed by atoms with Crippen LogP contribution in [0.3, 0.4) is 0 Å². The maximum Gasteiger partial charge on any atom is 0.322 e. The number of benzene rings is 1. The molecule has 0 aromatic heterocycles. The molecule has 0 saturated carbocycles. The van der Waals surface area contributed by atoms with E-state index in [0.29, 0.717) is 18.8 Å². The van der Waals surface area contributed by atoms with Crippen LogP contribution in [0.1, 0.15) is 38.2 Å². The average molecular weight is 347 g/mol. The molecule has 5 nitrogen and oxygen atoms in total. The maximum absolute atomic E-state index is 14.0.